The van der Waals surface area contributed by atoms with Gasteiger partial charge in [-0.3, -0.25) is 9.59 Å². The first-order chi connectivity index (χ1) is 19.6. The van der Waals surface area contributed by atoms with Gasteiger partial charge in [0, 0.05) is 51.3 Å². The Morgan fingerprint density at radius 1 is 1.12 bits per heavy atom. The second kappa shape index (κ2) is 13.8. The summed E-state index contributed by atoms with van der Waals surface area (Å²) in [6, 6.07) is 10.0. The lowest BCUT2D eigenvalue weighted by Gasteiger charge is -2.38. The normalized spacial score (nSPS) is 21.6. The standard InChI is InChI=1S/C29H38F2N4O5S/c1-2-3-10-34-17-22(15-27(34)36)29(38)33-25(14-21-12-23(30)16-24(31)13-21)28(37)26-18-35(11-9-32-26)41(39,40)19-20-7-5-4-6-8-20/h4-8,12-13,16,22,25-26,28,32,37H,2-3,9-11,14-15,17-19H2,1H3,(H,33,38)/t22?,25?,26-,28+/m1/s1. The van der Waals surface area contributed by atoms with Gasteiger partial charge in [0.15, 0.2) is 0 Å². The number of nitrogens with one attached hydrogen (secondary N) is 2. The number of hydrogen-bond donors (Lipinski definition) is 3. The summed E-state index contributed by atoms with van der Waals surface area (Å²) >= 11 is 0. The van der Waals surface area contributed by atoms with E-state index in [1.807, 2.05) is 6.92 Å². The van der Waals surface area contributed by atoms with Crippen LogP contribution in [0.3, 0.4) is 0 Å². The van der Waals surface area contributed by atoms with Crippen LogP contribution in [0.2, 0.25) is 0 Å². The smallest absolute Gasteiger partial charge is 0.225 e. The van der Waals surface area contributed by atoms with Gasteiger partial charge in [0.25, 0.3) is 0 Å². The van der Waals surface area contributed by atoms with E-state index in [1.165, 1.54) is 4.31 Å². The Kier molecular flexibility index (Phi) is 10.5. The molecular weight excluding hydrogens is 554 g/mol. The van der Waals surface area contributed by atoms with Crippen molar-refractivity contribution in [2.24, 2.45) is 5.92 Å². The second-order valence-corrected chi connectivity index (χ2v) is 12.8. The van der Waals surface area contributed by atoms with E-state index < -0.39 is 51.7 Å². The van der Waals surface area contributed by atoms with E-state index in [4.69, 9.17) is 0 Å². The molecule has 9 nitrogen and oxygen atoms in total. The first-order valence-electron chi connectivity index (χ1n) is 14.0. The molecule has 41 heavy (non-hydrogen) atoms. The summed E-state index contributed by atoms with van der Waals surface area (Å²) in [7, 11) is -3.70. The summed E-state index contributed by atoms with van der Waals surface area (Å²) in [5.41, 5.74) is 0.865. The van der Waals surface area contributed by atoms with Crippen molar-refractivity contribution in [2.45, 2.75) is 56.5 Å². The molecule has 2 saturated heterocycles. The van der Waals surface area contributed by atoms with Crippen LogP contribution in [0.5, 0.6) is 0 Å². The van der Waals surface area contributed by atoms with Crippen molar-refractivity contribution in [3.8, 4) is 0 Å². The summed E-state index contributed by atoms with van der Waals surface area (Å²) < 4.78 is 55.6. The third-order valence-corrected chi connectivity index (χ3v) is 9.47. The average Bonchev–Trinajstić information content (AvgIpc) is 3.31. The summed E-state index contributed by atoms with van der Waals surface area (Å²) in [4.78, 5) is 27.4. The zero-order chi connectivity index (χ0) is 29.6. The van der Waals surface area contributed by atoms with Crippen molar-refractivity contribution in [1.29, 1.82) is 0 Å². The molecule has 2 aromatic carbocycles. The molecule has 0 radical (unpaired) electrons. The number of amides is 2. The van der Waals surface area contributed by atoms with Crippen molar-refractivity contribution in [1.82, 2.24) is 19.8 Å². The lowest BCUT2D eigenvalue weighted by atomic mass is 9.94. The van der Waals surface area contributed by atoms with E-state index in [1.54, 1.807) is 35.2 Å². The third-order valence-electron chi connectivity index (χ3n) is 7.65. The minimum Gasteiger partial charge on any atom is -0.389 e. The highest BCUT2D eigenvalue weighted by molar-refractivity contribution is 7.88. The number of unbranched alkanes of at least 4 members (excludes halogenated alkanes) is 1. The number of nitrogens with zero attached hydrogens (tertiary/aromatic N) is 2. The number of carbonyl (C=O) groups is 2. The Labute approximate surface area is 240 Å². The van der Waals surface area contributed by atoms with Crippen molar-refractivity contribution >= 4 is 21.8 Å². The quantitative estimate of drug-likeness (QED) is 0.346. The van der Waals surface area contributed by atoms with Crippen LogP contribution in [0.4, 0.5) is 8.78 Å². The first kappa shape index (κ1) is 31.0. The Hall–Kier alpha value is -2.93. The fourth-order valence-corrected chi connectivity index (χ4v) is 6.99. The molecule has 0 spiro atoms. The summed E-state index contributed by atoms with van der Waals surface area (Å²) in [5.74, 6) is -2.95. The van der Waals surface area contributed by atoms with Gasteiger partial charge in [-0.1, -0.05) is 43.7 Å². The molecule has 2 aromatic rings. The fourth-order valence-electron chi connectivity index (χ4n) is 5.44. The molecule has 224 valence electrons. The molecule has 2 amide bonds. The van der Waals surface area contributed by atoms with Gasteiger partial charge < -0.3 is 20.6 Å². The number of aliphatic hydroxyl groups excluding tert-OH is 1. The number of halogens is 2. The molecule has 2 aliphatic heterocycles. The largest absolute Gasteiger partial charge is 0.389 e. The maximum absolute atomic E-state index is 14.0. The van der Waals surface area contributed by atoms with E-state index in [-0.39, 0.29) is 56.2 Å². The molecule has 2 heterocycles. The van der Waals surface area contributed by atoms with Crippen molar-refractivity contribution in [2.75, 3.05) is 32.7 Å². The number of hydrogen-bond acceptors (Lipinski definition) is 6. The Balaban J connectivity index is 1.50. The van der Waals surface area contributed by atoms with Crippen LogP contribution < -0.4 is 10.6 Å². The highest BCUT2D eigenvalue weighted by Gasteiger charge is 2.39. The summed E-state index contributed by atoms with van der Waals surface area (Å²) in [5, 5.41) is 17.4. The number of likely N-dealkylation sites (tertiary alicyclic amines) is 1. The van der Waals surface area contributed by atoms with Crippen LogP contribution in [-0.4, -0.2) is 85.5 Å². The Morgan fingerprint density at radius 2 is 1.83 bits per heavy atom. The summed E-state index contributed by atoms with van der Waals surface area (Å²) in [6.07, 6.45) is 0.375. The molecule has 0 bridgehead atoms. The molecule has 12 heteroatoms. The highest BCUT2D eigenvalue weighted by Crippen LogP contribution is 2.21. The van der Waals surface area contributed by atoms with Crippen LogP contribution in [0, 0.1) is 17.6 Å². The lowest BCUT2D eigenvalue weighted by molar-refractivity contribution is -0.129. The van der Waals surface area contributed by atoms with E-state index in [2.05, 4.69) is 10.6 Å². The highest BCUT2D eigenvalue weighted by atomic mass is 32.2. The number of benzene rings is 2. The molecule has 3 N–H and O–H groups in total. The van der Waals surface area contributed by atoms with Gasteiger partial charge in [0.1, 0.15) is 11.6 Å². The molecule has 2 fully saturated rings. The maximum Gasteiger partial charge on any atom is 0.225 e. The minimum absolute atomic E-state index is 0.0418. The molecular formula is C29H38F2N4O5S. The second-order valence-electron chi connectivity index (χ2n) is 10.8. The predicted molar refractivity (Wildman–Crippen MR) is 150 cm³/mol. The molecule has 0 aromatic heterocycles. The molecule has 2 unspecified atom stereocenters. The molecule has 4 rings (SSSR count). The van der Waals surface area contributed by atoms with E-state index >= 15 is 0 Å². The van der Waals surface area contributed by atoms with Gasteiger partial charge in [-0.05, 0) is 36.1 Å². The zero-order valence-electron chi connectivity index (χ0n) is 23.1. The van der Waals surface area contributed by atoms with E-state index in [0.717, 1.165) is 31.0 Å². The fraction of sp³-hybridized carbons (Fsp3) is 0.517. The molecule has 4 atom stereocenters. The molecule has 0 saturated carbocycles. The number of rotatable bonds is 12. The SMILES string of the molecule is CCCCN1CC(C(=O)NC(Cc2cc(F)cc(F)c2)[C@H](O)[C@H]2CN(S(=O)(=O)Cc3ccccc3)CCN2)CC1=O. The van der Waals surface area contributed by atoms with Gasteiger partial charge >= 0.3 is 0 Å². The number of aliphatic hydroxyl groups is 1. The van der Waals surface area contributed by atoms with Crippen molar-refractivity contribution in [3.63, 3.8) is 0 Å². The van der Waals surface area contributed by atoms with Crippen molar-refractivity contribution in [3.05, 3.63) is 71.3 Å². The number of piperazine rings is 1. The maximum atomic E-state index is 14.0. The Morgan fingerprint density at radius 3 is 2.51 bits per heavy atom. The predicted octanol–water partition coefficient (Wildman–Crippen LogP) is 1.81. The van der Waals surface area contributed by atoms with E-state index in [0.29, 0.717) is 12.1 Å². The van der Waals surface area contributed by atoms with Crippen LogP contribution in [0.1, 0.15) is 37.3 Å². The van der Waals surface area contributed by atoms with Gasteiger partial charge in [-0.2, -0.15) is 4.31 Å². The van der Waals surface area contributed by atoms with Gasteiger partial charge in [-0.15, -0.1) is 0 Å². The van der Waals surface area contributed by atoms with Crippen LogP contribution in [0.15, 0.2) is 48.5 Å². The first-order valence-corrected chi connectivity index (χ1v) is 15.6. The topological polar surface area (TPSA) is 119 Å². The molecule has 0 aliphatic carbocycles. The van der Waals surface area contributed by atoms with E-state index in [9.17, 15) is 31.9 Å². The average molecular weight is 593 g/mol. The van der Waals surface area contributed by atoms with Crippen LogP contribution >= 0.6 is 0 Å². The third kappa shape index (κ3) is 8.31. The number of sulfonamides is 1. The van der Waals surface area contributed by atoms with Crippen LogP contribution in [0.25, 0.3) is 0 Å². The number of carbonyl (C=O) groups excluding carboxylic acids is 2. The zero-order valence-corrected chi connectivity index (χ0v) is 24.0. The Bertz CT molecular complexity index is 1290. The van der Waals surface area contributed by atoms with Gasteiger partial charge in [0.05, 0.1) is 23.8 Å². The molecule has 2 aliphatic rings. The monoisotopic (exact) mass is 592 g/mol. The minimum atomic E-state index is -3.70. The summed E-state index contributed by atoms with van der Waals surface area (Å²) in [6.45, 7) is 3.27. The van der Waals surface area contributed by atoms with Crippen molar-refractivity contribution < 1.29 is 31.9 Å². The van der Waals surface area contributed by atoms with Gasteiger partial charge in [-0.25, -0.2) is 17.2 Å². The van der Waals surface area contributed by atoms with Crippen LogP contribution in [-0.2, 0) is 31.8 Å². The lowest BCUT2D eigenvalue weighted by Crippen LogP contribution is -2.62. The van der Waals surface area contributed by atoms with Gasteiger partial charge in [0.2, 0.25) is 21.8 Å².